The maximum absolute atomic E-state index is 10.1. The molecule has 18 heavy (non-hydrogen) atoms. The van der Waals surface area contributed by atoms with Crippen LogP contribution in [0.25, 0.3) is 0 Å². The van der Waals surface area contributed by atoms with Crippen molar-refractivity contribution in [3.63, 3.8) is 0 Å². The lowest BCUT2D eigenvalue weighted by Gasteiger charge is -2.26. The van der Waals surface area contributed by atoms with Gasteiger partial charge in [0.05, 0.1) is 7.11 Å². The Bertz CT molecular complexity index is 409. The third kappa shape index (κ3) is 2.61. The molecule has 2 N–H and O–H groups in total. The van der Waals surface area contributed by atoms with Gasteiger partial charge in [0, 0.05) is 18.0 Å². The Hall–Kier alpha value is -1.22. The van der Waals surface area contributed by atoms with Crippen LogP contribution in [-0.4, -0.2) is 25.3 Å². The molecule has 1 fully saturated rings. The van der Waals surface area contributed by atoms with Crippen LogP contribution in [0.3, 0.4) is 0 Å². The number of phenols is 1. The maximum atomic E-state index is 10.1. The van der Waals surface area contributed by atoms with Crippen LogP contribution in [0.5, 0.6) is 11.5 Å². The minimum Gasteiger partial charge on any atom is -0.504 e. The molecule has 0 bridgehead atoms. The van der Waals surface area contributed by atoms with E-state index in [0.29, 0.717) is 17.6 Å². The molecule has 0 aliphatic carbocycles. The second-order valence-corrected chi connectivity index (χ2v) is 5.36. The molecule has 0 amide bonds. The highest BCUT2D eigenvalue weighted by Crippen LogP contribution is 2.39. The van der Waals surface area contributed by atoms with Crippen molar-refractivity contribution < 1.29 is 9.84 Å². The van der Waals surface area contributed by atoms with Gasteiger partial charge in [-0.05, 0) is 36.9 Å². The summed E-state index contributed by atoms with van der Waals surface area (Å²) in [6, 6.07) is 4.02. The van der Waals surface area contributed by atoms with E-state index in [1.807, 2.05) is 6.07 Å². The van der Waals surface area contributed by atoms with Crippen LogP contribution in [0.2, 0.25) is 0 Å². The Morgan fingerprint density at radius 1 is 1.39 bits per heavy atom. The van der Waals surface area contributed by atoms with Crippen LogP contribution in [0.1, 0.15) is 49.7 Å². The minimum atomic E-state index is 0.268. The van der Waals surface area contributed by atoms with E-state index in [9.17, 15) is 5.11 Å². The summed E-state index contributed by atoms with van der Waals surface area (Å²) in [5.74, 6) is 1.77. The molecule has 2 rings (SSSR count). The average molecular weight is 249 g/mol. The van der Waals surface area contributed by atoms with Gasteiger partial charge in [-0.3, -0.25) is 0 Å². The molecular weight excluding hydrogens is 226 g/mol. The monoisotopic (exact) mass is 249 g/mol. The van der Waals surface area contributed by atoms with Crippen molar-refractivity contribution in [2.24, 2.45) is 0 Å². The van der Waals surface area contributed by atoms with E-state index in [-0.39, 0.29) is 5.75 Å². The summed E-state index contributed by atoms with van der Waals surface area (Å²) < 4.78 is 5.39. The third-order valence-electron chi connectivity index (χ3n) is 3.73. The molecule has 1 heterocycles. The zero-order valence-corrected chi connectivity index (χ0v) is 11.5. The molecule has 1 aliphatic heterocycles. The van der Waals surface area contributed by atoms with Gasteiger partial charge in [-0.15, -0.1) is 0 Å². The Morgan fingerprint density at radius 3 is 2.72 bits per heavy atom. The lowest BCUT2D eigenvalue weighted by molar-refractivity contribution is 0.358. The zero-order valence-electron chi connectivity index (χ0n) is 11.5. The number of rotatable bonds is 3. The van der Waals surface area contributed by atoms with Crippen molar-refractivity contribution >= 4 is 0 Å². The van der Waals surface area contributed by atoms with Crippen LogP contribution in [0.4, 0.5) is 0 Å². The van der Waals surface area contributed by atoms with Crippen LogP contribution in [0.15, 0.2) is 12.1 Å². The van der Waals surface area contributed by atoms with Gasteiger partial charge in [0.25, 0.3) is 0 Å². The van der Waals surface area contributed by atoms with E-state index >= 15 is 0 Å². The predicted octanol–water partition coefficient (Wildman–Crippen LogP) is 2.99. The number of aromatic hydroxyl groups is 1. The lowest BCUT2D eigenvalue weighted by atomic mass is 9.88. The summed E-state index contributed by atoms with van der Waals surface area (Å²) in [4.78, 5) is 0. The van der Waals surface area contributed by atoms with Crippen molar-refractivity contribution in [3.05, 3.63) is 23.3 Å². The van der Waals surface area contributed by atoms with E-state index in [1.54, 1.807) is 7.11 Å². The summed E-state index contributed by atoms with van der Waals surface area (Å²) in [5.41, 5.74) is 2.32. The van der Waals surface area contributed by atoms with E-state index in [0.717, 1.165) is 25.1 Å². The second kappa shape index (κ2) is 5.61. The molecule has 1 saturated heterocycles. The molecule has 0 aromatic heterocycles. The van der Waals surface area contributed by atoms with Crippen molar-refractivity contribution in [1.82, 2.24) is 5.32 Å². The summed E-state index contributed by atoms with van der Waals surface area (Å²) >= 11 is 0. The molecule has 3 nitrogen and oxygen atoms in total. The highest BCUT2D eigenvalue weighted by molar-refractivity contribution is 5.51. The zero-order chi connectivity index (χ0) is 13.1. The molecule has 1 aliphatic rings. The Kier molecular flexibility index (Phi) is 4.12. The first-order chi connectivity index (χ1) is 8.63. The molecule has 3 heteroatoms. The van der Waals surface area contributed by atoms with Crippen LogP contribution < -0.4 is 10.1 Å². The molecule has 1 aromatic carbocycles. The molecule has 1 atom stereocenters. The number of benzene rings is 1. The quantitative estimate of drug-likeness (QED) is 0.865. The molecule has 0 saturated carbocycles. The first-order valence-electron chi connectivity index (χ1n) is 6.75. The number of methoxy groups -OCH3 is 1. The van der Waals surface area contributed by atoms with E-state index in [1.165, 1.54) is 12.0 Å². The molecule has 0 spiro atoms. The van der Waals surface area contributed by atoms with Gasteiger partial charge < -0.3 is 15.2 Å². The van der Waals surface area contributed by atoms with Crippen LogP contribution in [0, 0.1) is 0 Å². The number of phenolic OH excluding ortho intramolecular Hbond substituents is 1. The SMILES string of the molecule is COc1c(O)cc(C(C)C)cc1C1CCCNC1. The lowest BCUT2D eigenvalue weighted by Crippen LogP contribution is -2.28. The molecule has 1 unspecified atom stereocenters. The van der Waals surface area contributed by atoms with Crippen molar-refractivity contribution in [2.75, 3.05) is 20.2 Å². The first-order valence-corrected chi connectivity index (χ1v) is 6.75. The van der Waals surface area contributed by atoms with E-state index < -0.39 is 0 Å². The van der Waals surface area contributed by atoms with Gasteiger partial charge in [-0.25, -0.2) is 0 Å². The maximum Gasteiger partial charge on any atom is 0.164 e. The van der Waals surface area contributed by atoms with Crippen molar-refractivity contribution in [1.29, 1.82) is 0 Å². The topological polar surface area (TPSA) is 41.5 Å². The fourth-order valence-corrected chi connectivity index (χ4v) is 2.63. The van der Waals surface area contributed by atoms with Gasteiger partial charge in [-0.1, -0.05) is 19.9 Å². The largest absolute Gasteiger partial charge is 0.504 e. The fraction of sp³-hybridized carbons (Fsp3) is 0.600. The summed E-state index contributed by atoms with van der Waals surface area (Å²) in [6.07, 6.45) is 2.34. The van der Waals surface area contributed by atoms with Gasteiger partial charge >= 0.3 is 0 Å². The Balaban J connectivity index is 2.41. The minimum absolute atomic E-state index is 0.268. The third-order valence-corrected chi connectivity index (χ3v) is 3.73. The van der Waals surface area contributed by atoms with Gasteiger partial charge in [-0.2, -0.15) is 0 Å². The second-order valence-electron chi connectivity index (χ2n) is 5.36. The highest BCUT2D eigenvalue weighted by Gasteiger charge is 2.22. The molecule has 100 valence electrons. The number of nitrogens with one attached hydrogen (secondary N) is 1. The first kappa shape index (κ1) is 13.2. The average Bonchev–Trinajstić information content (AvgIpc) is 2.38. The van der Waals surface area contributed by atoms with E-state index in [2.05, 4.69) is 25.2 Å². The smallest absolute Gasteiger partial charge is 0.164 e. The molecular formula is C15H23NO2. The molecule has 0 radical (unpaired) electrons. The Morgan fingerprint density at radius 2 is 2.17 bits per heavy atom. The Labute approximate surface area is 109 Å². The number of ether oxygens (including phenoxy) is 1. The fourth-order valence-electron chi connectivity index (χ4n) is 2.63. The van der Waals surface area contributed by atoms with Gasteiger partial charge in [0.2, 0.25) is 0 Å². The van der Waals surface area contributed by atoms with Crippen molar-refractivity contribution in [2.45, 2.75) is 38.5 Å². The van der Waals surface area contributed by atoms with Crippen molar-refractivity contribution in [3.8, 4) is 11.5 Å². The van der Waals surface area contributed by atoms with Crippen LogP contribution >= 0.6 is 0 Å². The standard InChI is InChI=1S/C15H23NO2/c1-10(2)12-7-13(11-5-4-6-16-9-11)15(18-3)14(17)8-12/h7-8,10-11,16-17H,4-6,9H2,1-3H3. The highest BCUT2D eigenvalue weighted by atomic mass is 16.5. The summed E-state index contributed by atoms with van der Waals surface area (Å²) in [6.45, 7) is 6.35. The van der Waals surface area contributed by atoms with Crippen LogP contribution in [-0.2, 0) is 0 Å². The molecule has 1 aromatic rings. The summed E-state index contributed by atoms with van der Waals surface area (Å²) in [5, 5.41) is 13.5. The number of hydrogen-bond acceptors (Lipinski definition) is 3. The van der Waals surface area contributed by atoms with Gasteiger partial charge in [0.1, 0.15) is 0 Å². The summed E-state index contributed by atoms with van der Waals surface area (Å²) in [7, 11) is 1.63. The normalized spacial score (nSPS) is 20.1. The predicted molar refractivity (Wildman–Crippen MR) is 73.6 cm³/mol. The number of hydrogen-bond donors (Lipinski definition) is 2. The number of piperidine rings is 1. The van der Waals surface area contributed by atoms with E-state index in [4.69, 9.17) is 4.74 Å². The van der Waals surface area contributed by atoms with Gasteiger partial charge in [0.15, 0.2) is 11.5 Å².